The first kappa shape index (κ1) is 11.7. The lowest BCUT2D eigenvalue weighted by Crippen LogP contribution is -2.11. The van der Waals surface area contributed by atoms with E-state index in [0.29, 0.717) is 18.8 Å². The first-order chi connectivity index (χ1) is 6.46. The van der Waals surface area contributed by atoms with E-state index < -0.39 is 9.84 Å². The monoisotopic (exact) mass is 218 g/mol. The van der Waals surface area contributed by atoms with Gasteiger partial charge in [-0.2, -0.15) is 0 Å². The van der Waals surface area contributed by atoms with E-state index in [1.54, 1.807) is 6.92 Å². The largest absolute Gasteiger partial charge is 0.299 e. The van der Waals surface area contributed by atoms with Crippen molar-refractivity contribution in [3.05, 3.63) is 0 Å². The molecule has 0 aromatic carbocycles. The van der Waals surface area contributed by atoms with E-state index in [4.69, 9.17) is 0 Å². The average Bonchev–Trinajstić information content (AvgIpc) is 2.82. The lowest BCUT2D eigenvalue weighted by atomic mass is 10.1. The summed E-state index contributed by atoms with van der Waals surface area (Å²) in [6.45, 7) is 3.70. The zero-order valence-corrected chi connectivity index (χ0v) is 9.64. The molecule has 1 rings (SSSR count). The molecule has 2 atom stereocenters. The number of carbonyl (C=O) groups is 1. The smallest absolute Gasteiger partial charge is 0.150 e. The van der Waals surface area contributed by atoms with Crippen molar-refractivity contribution in [2.24, 2.45) is 11.8 Å². The van der Waals surface area contributed by atoms with Crippen molar-refractivity contribution in [3.8, 4) is 0 Å². The summed E-state index contributed by atoms with van der Waals surface area (Å²) in [6, 6.07) is 0. The molecule has 1 aliphatic rings. The van der Waals surface area contributed by atoms with Crippen molar-refractivity contribution >= 4 is 15.6 Å². The molecular weight excluding hydrogens is 200 g/mol. The van der Waals surface area contributed by atoms with E-state index in [9.17, 15) is 13.2 Å². The summed E-state index contributed by atoms with van der Waals surface area (Å²) < 4.78 is 22.2. The third kappa shape index (κ3) is 3.40. The molecule has 1 saturated carbocycles. The Hall–Kier alpha value is -0.380. The summed E-state index contributed by atoms with van der Waals surface area (Å²) in [5.74, 6) is 1.37. The number of rotatable bonds is 6. The van der Waals surface area contributed by atoms with Gasteiger partial charge < -0.3 is 0 Å². The van der Waals surface area contributed by atoms with Crippen LogP contribution in [0.5, 0.6) is 0 Å². The Morgan fingerprint density at radius 3 is 2.43 bits per heavy atom. The Morgan fingerprint density at radius 1 is 1.43 bits per heavy atom. The molecule has 0 N–H and O–H groups in total. The van der Waals surface area contributed by atoms with Crippen LogP contribution in [0.3, 0.4) is 0 Å². The van der Waals surface area contributed by atoms with Gasteiger partial charge in [-0.05, 0) is 18.8 Å². The van der Waals surface area contributed by atoms with Gasteiger partial charge in [0.05, 0.1) is 5.75 Å². The van der Waals surface area contributed by atoms with Crippen molar-refractivity contribution in [1.82, 2.24) is 0 Å². The topological polar surface area (TPSA) is 51.2 Å². The van der Waals surface area contributed by atoms with Gasteiger partial charge in [-0.1, -0.05) is 13.8 Å². The van der Waals surface area contributed by atoms with Crippen LogP contribution in [0.1, 0.15) is 33.1 Å². The molecule has 0 aromatic heterocycles. The van der Waals surface area contributed by atoms with Gasteiger partial charge in [0.2, 0.25) is 0 Å². The molecule has 0 aliphatic heterocycles. The third-order valence-corrected chi connectivity index (χ3v) is 4.63. The van der Waals surface area contributed by atoms with Gasteiger partial charge in [0.25, 0.3) is 0 Å². The van der Waals surface area contributed by atoms with Gasteiger partial charge in [0, 0.05) is 18.1 Å². The van der Waals surface area contributed by atoms with Crippen molar-refractivity contribution in [3.63, 3.8) is 0 Å². The quantitative estimate of drug-likeness (QED) is 0.677. The number of sulfone groups is 1. The fourth-order valence-electron chi connectivity index (χ4n) is 1.57. The van der Waals surface area contributed by atoms with Crippen LogP contribution in [0.25, 0.3) is 0 Å². The van der Waals surface area contributed by atoms with E-state index in [1.807, 2.05) is 0 Å². The highest BCUT2D eigenvalue weighted by Gasteiger charge is 2.38. The van der Waals surface area contributed by atoms with Crippen LogP contribution in [0.15, 0.2) is 0 Å². The summed E-state index contributed by atoms with van der Waals surface area (Å²) in [4.78, 5) is 11.4. The molecule has 1 fully saturated rings. The fourth-order valence-corrected chi connectivity index (χ4v) is 2.44. The summed E-state index contributed by atoms with van der Waals surface area (Å²) in [5.41, 5.74) is 0. The number of hydrogen-bond acceptors (Lipinski definition) is 3. The number of hydrogen-bond donors (Lipinski definition) is 0. The zero-order chi connectivity index (χ0) is 10.8. The molecular formula is C10H18O3S. The van der Waals surface area contributed by atoms with Gasteiger partial charge in [-0.25, -0.2) is 8.42 Å². The minimum atomic E-state index is -2.89. The van der Waals surface area contributed by atoms with E-state index in [0.717, 1.165) is 6.42 Å². The Balaban J connectivity index is 2.19. The summed E-state index contributed by atoms with van der Waals surface area (Å²) in [5, 5.41) is 0. The molecule has 0 aromatic rings. The molecule has 3 nitrogen and oxygen atoms in total. The highest BCUT2D eigenvalue weighted by Crippen LogP contribution is 2.39. The normalized spacial score (nSPS) is 26.1. The average molecular weight is 218 g/mol. The highest BCUT2D eigenvalue weighted by molar-refractivity contribution is 7.91. The first-order valence-electron chi connectivity index (χ1n) is 5.19. The van der Waals surface area contributed by atoms with Gasteiger partial charge >= 0.3 is 0 Å². The van der Waals surface area contributed by atoms with Crippen LogP contribution in [-0.4, -0.2) is 25.7 Å². The summed E-state index contributed by atoms with van der Waals surface area (Å²) in [6.07, 6.45) is 1.94. The van der Waals surface area contributed by atoms with Crippen LogP contribution in [0.2, 0.25) is 0 Å². The van der Waals surface area contributed by atoms with Gasteiger partial charge in [-0.3, -0.25) is 4.79 Å². The highest BCUT2D eigenvalue weighted by atomic mass is 32.2. The molecule has 0 saturated heterocycles. The fraction of sp³-hybridized carbons (Fsp3) is 0.900. The maximum Gasteiger partial charge on any atom is 0.150 e. The molecule has 0 spiro atoms. The Morgan fingerprint density at radius 2 is 2.00 bits per heavy atom. The molecule has 0 heterocycles. The van der Waals surface area contributed by atoms with Crippen LogP contribution < -0.4 is 0 Å². The summed E-state index contributed by atoms with van der Waals surface area (Å²) in [7, 11) is -2.89. The van der Waals surface area contributed by atoms with Crippen molar-refractivity contribution in [2.45, 2.75) is 33.1 Å². The third-order valence-electron chi connectivity index (χ3n) is 2.84. The molecule has 2 unspecified atom stereocenters. The van der Waals surface area contributed by atoms with Crippen molar-refractivity contribution in [2.75, 3.05) is 11.5 Å². The lowest BCUT2D eigenvalue weighted by molar-refractivity contribution is -0.120. The predicted molar refractivity (Wildman–Crippen MR) is 55.8 cm³/mol. The number of carbonyl (C=O) groups excluding carboxylic acids is 1. The SMILES string of the molecule is CCS(=O)(=O)CCCC(=O)C1CC1C. The van der Waals surface area contributed by atoms with Gasteiger partial charge in [-0.15, -0.1) is 0 Å². The van der Waals surface area contributed by atoms with E-state index in [-0.39, 0.29) is 23.2 Å². The Labute approximate surface area is 85.8 Å². The van der Waals surface area contributed by atoms with Crippen LogP contribution in [-0.2, 0) is 14.6 Å². The molecule has 82 valence electrons. The second kappa shape index (κ2) is 4.43. The molecule has 0 radical (unpaired) electrons. The summed E-state index contributed by atoms with van der Waals surface area (Å²) >= 11 is 0. The van der Waals surface area contributed by atoms with Crippen LogP contribution in [0.4, 0.5) is 0 Å². The van der Waals surface area contributed by atoms with E-state index in [1.165, 1.54) is 0 Å². The van der Waals surface area contributed by atoms with E-state index >= 15 is 0 Å². The maximum absolute atomic E-state index is 11.4. The Bertz CT molecular complexity index is 305. The number of Topliss-reactive ketones (excluding diaryl/α,β-unsaturated/α-hetero) is 1. The maximum atomic E-state index is 11.4. The van der Waals surface area contributed by atoms with Crippen LogP contribution >= 0.6 is 0 Å². The van der Waals surface area contributed by atoms with Crippen LogP contribution in [0, 0.1) is 11.8 Å². The standard InChI is InChI=1S/C10H18O3S/c1-3-14(12,13)6-4-5-10(11)9-7-8(9)2/h8-9H,3-7H2,1-2H3. The molecule has 0 amide bonds. The Kier molecular flexibility index (Phi) is 3.70. The molecule has 1 aliphatic carbocycles. The molecule has 0 bridgehead atoms. The molecule has 14 heavy (non-hydrogen) atoms. The van der Waals surface area contributed by atoms with Gasteiger partial charge in [0.1, 0.15) is 15.6 Å². The minimum Gasteiger partial charge on any atom is -0.299 e. The lowest BCUT2D eigenvalue weighted by Gasteiger charge is -2.00. The van der Waals surface area contributed by atoms with Crippen molar-refractivity contribution in [1.29, 1.82) is 0 Å². The van der Waals surface area contributed by atoms with E-state index in [2.05, 4.69) is 6.92 Å². The predicted octanol–water partition coefficient (Wildman–Crippen LogP) is 1.43. The minimum absolute atomic E-state index is 0.163. The van der Waals surface area contributed by atoms with Gasteiger partial charge in [0.15, 0.2) is 0 Å². The zero-order valence-electron chi connectivity index (χ0n) is 8.82. The molecule has 4 heteroatoms. The number of ketones is 1. The van der Waals surface area contributed by atoms with Crippen molar-refractivity contribution < 1.29 is 13.2 Å². The second-order valence-electron chi connectivity index (χ2n) is 4.13. The first-order valence-corrected chi connectivity index (χ1v) is 7.01. The second-order valence-corrected chi connectivity index (χ2v) is 6.60.